The van der Waals surface area contributed by atoms with Crippen molar-refractivity contribution in [2.75, 3.05) is 19.6 Å². The summed E-state index contributed by atoms with van der Waals surface area (Å²) in [5.74, 6) is -0.535. The Bertz CT molecular complexity index is 665. The zero-order valence-corrected chi connectivity index (χ0v) is 14.8. The number of thioether (sulfide) groups is 1. The van der Waals surface area contributed by atoms with Gasteiger partial charge >= 0.3 is 0 Å². The molecule has 3 heterocycles. The highest BCUT2D eigenvalue weighted by atomic mass is 79.9. The first-order valence-corrected chi connectivity index (χ1v) is 9.31. The maximum absolute atomic E-state index is 12.3. The highest BCUT2D eigenvalue weighted by molar-refractivity contribution is 9.10. The smallest absolute Gasteiger partial charge is 0.294 e. The largest absolute Gasteiger partial charge is 0.341 e. The van der Waals surface area contributed by atoms with Crippen LogP contribution >= 0.6 is 39.0 Å². The fraction of sp³-hybridized carbons (Fsp3) is 0.357. The molecule has 0 unspecified atom stereocenters. The lowest BCUT2D eigenvalue weighted by Crippen LogP contribution is -2.40. The van der Waals surface area contributed by atoms with Crippen LogP contribution in [-0.2, 0) is 9.59 Å². The molecular weight excluding hydrogens is 388 g/mol. The van der Waals surface area contributed by atoms with Crippen LogP contribution in [-0.4, -0.2) is 46.5 Å². The van der Waals surface area contributed by atoms with Crippen molar-refractivity contribution < 1.29 is 14.4 Å². The summed E-state index contributed by atoms with van der Waals surface area (Å²) in [4.78, 5) is 40.4. The lowest BCUT2D eigenvalue weighted by molar-refractivity contribution is -0.135. The maximum Gasteiger partial charge on any atom is 0.294 e. The van der Waals surface area contributed by atoms with E-state index < -0.39 is 0 Å². The van der Waals surface area contributed by atoms with Gasteiger partial charge in [0.2, 0.25) is 5.91 Å². The van der Waals surface area contributed by atoms with E-state index in [1.54, 1.807) is 11.0 Å². The van der Waals surface area contributed by atoms with Gasteiger partial charge in [-0.05, 0) is 52.7 Å². The minimum absolute atomic E-state index is 0.153. The number of hydrogen-bond acceptors (Lipinski definition) is 5. The fourth-order valence-corrected chi connectivity index (χ4v) is 4.65. The first kappa shape index (κ1) is 15.8. The number of thiophene rings is 1. The number of likely N-dealkylation sites (tertiary alicyclic amines) is 1. The van der Waals surface area contributed by atoms with Crippen molar-refractivity contribution in [3.05, 3.63) is 25.7 Å². The molecule has 0 aliphatic carbocycles. The SMILES string of the molecule is O=C(CN1C(=O)S/C(=C/c2cc(Br)cs2)C1=O)N1CCCC1. The molecule has 2 aliphatic heterocycles. The second kappa shape index (κ2) is 6.55. The Morgan fingerprint density at radius 3 is 2.68 bits per heavy atom. The van der Waals surface area contributed by atoms with Crippen molar-refractivity contribution in [1.82, 2.24) is 9.80 Å². The molecule has 22 heavy (non-hydrogen) atoms. The predicted octanol–water partition coefficient (Wildman–Crippen LogP) is 3.17. The van der Waals surface area contributed by atoms with E-state index >= 15 is 0 Å². The monoisotopic (exact) mass is 400 g/mol. The first-order valence-electron chi connectivity index (χ1n) is 6.82. The van der Waals surface area contributed by atoms with Crippen LogP contribution in [0.5, 0.6) is 0 Å². The maximum atomic E-state index is 12.3. The van der Waals surface area contributed by atoms with Crippen LogP contribution in [0.3, 0.4) is 0 Å². The first-order chi connectivity index (χ1) is 10.5. The van der Waals surface area contributed by atoms with Gasteiger partial charge in [0.15, 0.2) is 0 Å². The minimum Gasteiger partial charge on any atom is -0.341 e. The summed E-state index contributed by atoms with van der Waals surface area (Å²) >= 11 is 5.72. The molecule has 0 atom stereocenters. The Kier molecular flexibility index (Phi) is 4.70. The van der Waals surface area contributed by atoms with Crippen LogP contribution in [0.4, 0.5) is 4.79 Å². The molecular formula is C14H13BrN2O3S2. The van der Waals surface area contributed by atoms with E-state index in [0.717, 1.165) is 38.9 Å². The molecule has 0 aromatic carbocycles. The van der Waals surface area contributed by atoms with E-state index in [0.29, 0.717) is 18.0 Å². The molecule has 3 rings (SSSR count). The zero-order chi connectivity index (χ0) is 15.7. The molecule has 0 N–H and O–H groups in total. The Labute approximate surface area is 144 Å². The van der Waals surface area contributed by atoms with Gasteiger partial charge in [-0.1, -0.05) is 0 Å². The third-order valence-corrected chi connectivity index (χ3v) is 6.03. The number of hydrogen-bond donors (Lipinski definition) is 0. The van der Waals surface area contributed by atoms with E-state index in [9.17, 15) is 14.4 Å². The van der Waals surface area contributed by atoms with E-state index in [1.807, 2.05) is 11.4 Å². The van der Waals surface area contributed by atoms with Crippen molar-refractivity contribution >= 4 is 62.2 Å². The van der Waals surface area contributed by atoms with Crippen molar-refractivity contribution in [2.45, 2.75) is 12.8 Å². The molecule has 0 radical (unpaired) electrons. The highest BCUT2D eigenvalue weighted by Gasteiger charge is 2.37. The van der Waals surface area contributed by atoms with Gasteiger partial charge in [0.1, 0.15) is 6.54 Å². The number of amides is 3. The molecule has 0 saturated carbocycles. The minimum atomic E-state index is -0.382. The van der Waals surface area contributed by atoms with Crippen molar-refractivity contribution in [1.29, 1.82) is 0 Å². The summed E-state index contributed by atoms with van der Waals surface area (Å²) in [6.07, 6.45) is 3.67. The van der Waals surface area contributed by atoms with E-state index in [-0.39, 0.29) is 23.6 Å². The van der Waals surface area contributed by atoms with Crippen LogP contribution in [0.1, 0.15) is 17.7 Å². The predicted molar refractivity (Wildman–Crippen MR) is 90.5 cm³/mol. The number of halogens is 1. The van der Waals surface area contributed by atoms with Crippen LogP contribution in [0.15, 0.2) is 20.8 Å². The van der Waals surface area contributed by atoms with Crippen LogP contribution in [0.2, 0.25) is 0 Å². The van der Waals surface area contributed by atoms with Gasteiger partial charge in [0.25, 0.3) is 11.1 Å². The fourth-order valence-electron chi connectivity index (χ4n) is 2.37. The summed E-state index contributed by atoms with van der Waals surface area (Å²) in [6, 6.07) is 1.88. The van der Waals surface area contributed by atoms with Crippen molar-refractivity contribution in [3.63, 3.8) is 0 Å². The van der Waals surface area contributed by atoms with Crippen molar-refractivity contribution in [2.24, 2.45) is 0 Å². The molecule has 8 heteroatoms. The van der Waals surface area contributed by atoms with Gasteiger partial charge in [-0.25, -0.2) is 0 Å². The number of imide groups is 1. The lowest BCUT2D eigenvalue weighted by Gasteiger charge is -2.18. The average molecular weight is 401 g/mol. The molecule has 2 aliphatic rings. The summed E-state index contributed by atoms with van der Waals surface area (Å²) in [5.41, 5.74) is 0. The topological polar surface area (TPSA) is 57.7 Å². The summed E-state index contributed by atoms with van der Waals surface area (Å²) in [6.45, 7) is 1.28. The van der Waals surface area contributed by atoms with E-state index in [1.165, 1.54) is 11.3 Å². The van der Waals surface area contributed by atoms with Gasteiger partial charge in [0, 0.05) is 27.8 Å². The molecule has 2 saturated heterocycles. The van der Waals surface area contributed by atoms with E-state index in [2.05, 4.69) is 15.9 Å². The van der Waals surface area contributed by atoms with Crippen LogP contribution in [0.25, 0.3) is 6.08 Å². The van der Waals surface area contributed by atoms with E-state index in [4.69, 9.17) is 0 Å². The Hall–Kier alpha value is -1.12. The molecule has 116 valence electrons. The van der Waals surface area contributed by atoms with Gasteiger partial charge in [-0.3, -0.25) is 19.3 Å². The molecule has 3 amide bonds. The quantitative estimate of drug-likeness (QED) is 0.731. The Balaban J connectivity index is 1.71. The molecule has 0 bridgehead atoms. The van der Waals surface area contributed by atoms with Crippen molar-refractivity contribution in [3.8, 4) is 0 Å². The zero-order valence-electron chi connectivity index (χ0n) is 11.6. The summed E-state index contributed by atoms with van der Waals surface area (Å²) in [7, 11) is 0. The van der Waals surface area contributed by atoms with Gasteiger partial charge in [0.05, 0.1) is 4.91 Å². The molecule has 5 nitrogen and oxygen atoms in total. The van der Waals surface area contributed by atoms with Gasteiger partial charge in [-0.15, -0.1) is 11.3 Å². The molecule has 0 spiro atoms. The molecule has 2 fully saturated rings. The third-order valence-electron chi connectivity index (χ3n) is 3.49. The van der Waals surface area contributed by atoms with Crippen LogP contribution in [0, 0.1) is 0 Å². The normalized spacial score (nSPS) is 20.5. The number of nitrogens with zero attached hydrogens (tertiary/aromatic N) is 2. The third kappa shape index (κ3) is 3.28. The summed E-state index contributed by atoms with van der Waals surface area (Å²) < 4.78 is 0.937. The standard InChI is InChI=1S/C14H13BrN2O3S2/c15-9-5-10(21-8-9)6-11-13(19)17(14(20)22-11)7-12(18)16-3-1-2-4-16/h5-6,8H,1-4,7H2/b11-6+. The second-order valence-electron chi connectivity index (χ2n) is 5.02. The molecule has 1 aromatic heterocycles. The number of carbonyl (C=O) groups is 3. The Morgan fingerprint density at radius 2 is 2.05 bits per heavy atom. The highest BCUT2D eigenvalue weighted by Crippen LogP contribution is 2.33. The summed E-state index contributed by atoms with van der Waals surface area (Å²) in [5, 5.41) is 1.53. The number of rotatable bonds is 3. The van der Waals surface area contributed by atoms with Gasteiger partial charge in [-0.2, -0.15) is 0 Å². The number of carbonyl (C=O) groups excluding carboxylic acids is 3. The second-order valence-corrected chi connectivity index (χ2v) is 7.87. The molecule has 1 aromatic rings. The average Bonchev–Trinajstić information content (AvgIpc) is 3.18. The Morgan fingerprint density at radius 1 is 1.32 bits per heavy atom. The van der Waals surface area contributed by atoms with Gasteiger partial charge < -0.3 is 4.90 Å². The van der Waals surface area contributed by atoms with Crippen LogP contribution < -0.4 is 0 Å². The lowest BCUT2D eigenvalue weighted by atomic mass is 10.3.